The van der Waals surface area contributed by atoms with E-state index in [1.807, 2.05) is 0 Å². The number of benzene rings is 1. The number of hydrogen-bond acceptors (Lipinski definition) is 6. The Kier molecular flexibility index (Phi) is 4.86. The van der Waals surface area contributed by atoms with Gasteiger partial charge in [0.2, 0.25) is 21.6 Å². The lowest BCUT2D eigenvalue weighted by Crippen LogP contribution is -2.21. The standard InChI is InChI=1S/C13H14FN3O4S/c1-2-11(18)15-7-12-16-17-13(21-12)22(19,20)8-9-3-5-10(14)6-4-9/h3-6H,2,7-8H2,1H3,(H,15,18). The maximum Gasteiger partial charge on any atom is 0.335 e. The number of carbonyl (C=O) groups is 1. The van der Waals surface area contributed by atoms with Crippen LogP contribution in [0.3, 0.4) is 0 Å². The molecule has 0 saturated heterocycles. The molecule has 9 heteroatoms. The average Bonchev–Trinajstić information content (AvgIpc) is 2.97. The van der Waals surface area contributed by atoms with Crippen molar-refractivity contribution in [2.45, 2.75) is 30.9 Å². The zero-order valence-electron chi connectivity index (χ0n) is 11.7. The van der Waals surface area contributed by atoms with Gasteiger partial charge in [0.15, 0.2) is 0 Å². The lowest BCUT2D eigenvalue weighted by Gasteiger charge is -2.00. The lowest BCUT2D eigenvalue weighted by atomic mass is 10.2. The van der Waals surface area contributed by atoms with Crippen molar-refractivity contribution in [2.24, 2.45) is 0 Å². The van der Waals surface area contributed by atoms with Crippen LogP contribution in [0, 0.1) is 5.82 Å². The highest BCUT2D eigenvalue weighted by molar-refractivity contribution is 7.90. The van der Waals surface area contributed by atoms with E-state index in [0.717, 1.165) is 0 Å². The molecule has 2 aromatic rings. The van der Waals surface area contributed by atoms with E-state index in [4.69, 9.17) is 4.42 Å². The monoisotopic (exact) mass is 327 g/mol. The minimum atomic E-state index is -3.82. The van der Waals surface area contributed by atoms with Crippen LogP contribution in [0.1, 0.15) is 24.8 Å². The third-order valence-corrected chi connectivity index (χ3v) is 4.15. The smallest absolute Gasteiger partial charge is 0.335 e. The van der Waals surface area contributed by atoms with Gasteiger partial charge in [-0.1, -0.05) is 24.2 Å². The second kappa shape index (κ2) is 6.65. The van der Waals surface area contributed by atoms with Crippen molar-refractivity contribution >= 4 is 15.7 Å². The van der Waals surface area contributed by atoms with Gasteiger partial charge in [-0.3, -0.25) is 4.79 Å². The fourth-order valence-corrected chi connectivity index (χ4v) is 2.74. The summed E-state index contributed by atoms with van der Waals surface area (Å²) >= 11 is 0. The molecule has 0 bridgehead atoms. The summed E-state index contributed by atoms with van der Waals surface area (Å²) in [6.07, 6.45) is 0.295. The number of amides is 1. The molecule has 0 spiro atoms. The molecule has 118 valence electrons. The van der Waals surface area contributed by atoms with E-state index in [2.05, 4.69) is 15.5 Å². The Hall–Kier alpha value is -2.29. The predicted octanol–water partition coefficient (Wildman–Crippen LogP) is 1.21. The van der Waals surface area contributed by atoms with Gasteiger partial charge in [-0.15, -0.1) is 5.10 Å². The number of nitrogens with one attached hydrogen (secondary N) is 1. The molecule has 1 aromatic carbocycles. The van der Waals surface area contributed by atoms with Crippen LogP contribution in [0.5, 0.6) is 0 Å². The Bertz CT molecular complexity index is 756. The molecule has 0 fully saturated rings. The highest BCUT2D eigenvalue weighted by Gasteiger charge is 2.23. The third kappa shape index (κ3) is 4.10. The summed E-state index contributed by atoms with van der Waals surface area (Å²) in [5, 5.41) is 9.02. The number of sulfone groups is 1. The summed E-state index contributed by atoms with van der Waals surface area (Å²) in [7, 11) is -3.82. The summed E-state index contributed by atoms with van der Waals surface area (Å²) in [4.78, 5) is 11.1. The van der Waals surface area contributed by atoms with Crippen molar-refractivity contribution in [3.05, 3.63) is 41.5 Å². The lowest BCUT2D eigenvalue weighted by molar-refractivity contribution is -0.121. The van der Waals surface area contributed by atoms with Crippen molar-refractivity contribution in [3.63, 3.8) is 0 Å². The normalized spacial score (nSPS) is 11.4. The van der Waals surface area contributed by atoms with Crippen LogP contribution in [-0.4, -0.2) is 24.5 Å². The van der Waals surface area contributed by atoms with Gasteiger partial charge in [0.25, 0.3) is 0 Å². The summed E-state index contributed by atoms with van der Waals surface area (Å²) < 4.78 is 42.1. The quantitative estimate of drug-likeness (QED) is 0.855. The predicted molar refractivity (Wildman–Crippen MR) is 73.7 cm³/mol. The molecular weight excluding hydrogens is 313 g/mol. The molecule has 0 radical (unpaired) electrons. The Labute approximate surface area is 126 Å². The molecule has 0 saturated carbocycles. The number of aromatic nitrogens is 2. The van der Waals surface area contributed by atoms with Crippen LogP contribution < -0.4 is 5.32 Å². The van der Waals surface area contributed by atoms with Crippen molar-refractivity contribution in [1.82, 2.24) is 15.5 Å². The molecular formula is C13H14FN3O4S. The van der Waals surface area contributed by atoms with Crippen molar-refractivity contribution in [1.29, 1.82) is 0 Å². The topological polar surface area (TPSA) is 102 Å². The molecule has 22 heavy (non-hydrogen) atoms. The molecule has 0 unspecified atom stereocenters. The highest BCUT2D eigenvalue weighted by Crippen LogP contribution is 2.15. The molecule has 2 rings (SSSR count). The van der Waals surface area contributed by atoms with Crippen molar-refractivity contribution in [3.8, 4) is 0 Å². The summed E-state index contributed by atoms with van der Waals surface area (Å²) in [5.74, 6) is -1.04. The zero-order valence-corrected chi connectivity index (χ0v) is 12.6. The van der Waals surface area contributed by atoms with Crippen molar-refractivity contribution < 1.29 is 22.0 Å². The maximum atomic E-state index is 12.8. The molecule has 1 heterocycles. The molecule has 0 aliphatic carbocycles. The van der Waals surface area contributed by atoms with E-state index in [9.17, 15) is 17.6 Å². The van der Waals surface area contributed by atoms with Gasteiger partial charge in [0.05, 0.1) is 12.3 Å². The van der Waals surface area contributed by atoms with Gasteiger partial charge in [0, 0.05) is 6.42 Å². The Morgan fingerprint density at radius 2 is 1.95 bits per heavy atom. The molecule has 0 atom stereocenters. The minimum absolute atomic E-state index is 0.000480. The van der Waals surface area contributed by atoms with E-state index in [1.54, 1.807) is 6.92 Å². The SMILES string of the molecule is CCC(=O)NCc1nnc(S(=O)(=O)Cc2ccc(F)cc2)o1. The first-order valence-electron chi connectivity index (χ1n) is 6.47. The first kappa shape index (κ1) is 16.1. The second-order valence-corrected chi connectivity index (χ2v) is 6.34. The maximum absolute atomic E-state index is 12.8. The molecule has 1 N–H and O–H groups in total. The Balaban J connectivity index is 2.08. The van der Waals surface area contributed by atoms with Crippen LogP contribution >= 0.6 is 0 Å². The molecule has 0 aliphatic heterocycles. The van der Waals surface area contributed by atoms with E-state index >= 15 is 0 Å². The van der Waals surface area contributed by atoms with E-state index in [-0.39, 0.29) is 24.1 Å². The number of carbonyl (C=O) groups excluding carboxylic acids is 1. The molecule has 7 nitrogen and oxygen atoms in total. The second-order valence-electron chi connectivity index (χ2n) is 4.48. The van der Waals surface area contributed by atoms with Crippen molar-refractivity contribution in [2.75, 3.05) is 0 Å². The first-order valence-corrected chi connectivity index (χ1v) is 8.12. The average molecular weight is 327 g/mol. The summed E-state index contributed by atoms with van der Waals surface area (Å²) in [6.45, 7) is 1.65. The van der Waals surface area contributed by atoms with E-state index in [1.165, 1.54) is 24.3 Å². The molecule has 1 aromatic heterocycles. The van der Waals surface area contributed by atoms with Gasteiger partial charge in [-0.2, -0.15) is 0 Å². The highest BCUT2D eigenvalue weighted by atomic mass is 32.2. The van der Waals surface area contributed by atoms with Gasteiger partial charge in [-0.25, -0.2) is 12.8 Å². The largest absolute Gasteiger partial charge is 0.411 e. The molecule has 1 amide bonds. The zero-order chi connectivity index (χ0) is 16.2. The van der Waals surface area contributed by atoms with Gasteiger partial charge >= 0.3 is 5.22 Å². The van der Waals surface area contributed by atoms with Crippen LogP contribution in [-0.2, 0) is 26.9 Å². The summed E-state index contributed by atoms with van der Waals surface area (Å²) in [6, 6.07) is 5.08. The van der Waals surface area contributed by atoms with Gasteiger partial charge in [0.1, 0.15) is 5.82 Å². The summed E-state index contributed by atoms with van der Waals surface area (Å²) in [5.41, 5.74) is 0.403. The van der Waals surface area contributed by atoms with Gasteiger partial charge < -0.3 is 9.73 Å². The fraction of sp³-hybridized carbons (Fsp3) is 0.308. The number of halogens is 1. The minimum Gasteiger partial charge on any atom is -0.411 e. The van der Waals surface area contributed by atoms with Crippen LogP contribution in [0.15, 0.2) is 33.9 Å². The number of rotatable bonds is 6. The number of nitrogens with zero attached hydrogens (tertiary/aromatic N) is 2. The van der Waals surface area contributed by atoms with E-state index < -0.39 is 20.9 Å². The van der Waals surface area contributed by atoms with Gasteiger partial charge in [-0.05, 0) is 17.7 Å². The third-order valence-electron chi connectivity index (χ3n) is 2.74. The first-order chi connectivity index (χ1) is 10.4. The Morgan fingerprint density at radius 3 is 2.59 bits per heavy atom. The van der Waals surface area contributed by atoms with Crippen LogP contribution in [0.4, 0.5) is 4.39 Å². The van der Waals surface area contributed by atoms with E-state index in [0.29, 0.717) is 12.0 Å². The Morgan fingerprint density at radius 1 is 1.27 bits per heavy atom. The molecule has 0 aliphatic rings. The fourth-order valence-electron chi connectivity index (χ4n) is 1.60. The van der Waals surface area contributed by atoms with Crippen LogP contribution in [0.2, 0.25) is 0 Å². The number of hydrogen-bond donors (Lipinski definition) is 1. The van der Waals surface area contributed by atoms with Crippen LogP contribution in [0.25, 0.3) is 0 Å².